The molecule has 0 fully saturated rings. The van der Waals surface area contributed by atoms with E-state index in [0.29, 0.717) is 22.0 Å². The fourth-order valence-corrected chi connectivity index (χ4v) is 3.80. The van der Waals surface area contributed by atoms with Crippen LogP contribution in [-0.2, 0) is 4.79 Å². The number of aromatic nitrogens is 2. The largest absolute Gasteiger partial charge is 0.344 e. The van der Waals surface area contributed by atoms with Crippen molar-refractivity contribution in [2.45, 2.75) is 31.3 Å². The predicted octanol–water partition coefficient (Wildman–Crippen LogP) is 3.74. The van der Waals surface area contributed by atoms with Gasteiger partial charge in [-0.05, 0) is 42.2 Å². The monoisotopic (exact) mass is 405 g/mol. The number of fused-ring (bicyclic) bond motifs is 1. The van der Waals surface area contributed by atoms with Crippen LogP contribution in [0.5, 0.6) is 0 Å². The van der Waals surface area contributed by atoms with E-state index in [2.05, 4.69) is 30.1 Å². The van der Waals surface area contributed by atoms with E-state index in [1.54, 1.807) is 16.7 Å². The predicted molar refractivity (Wildman–Crippen MR) is 119 cm³/mol. The number of amides is 1. The zero-order valence-electron chi connectivity index (χ0n) is 16.5. The van der Waals surface area contributed by atoms with Gasteiger partial charge in [0.2, 0.25) is 5.91 Å². The smallest absolute Gasteiger partial charge is 0.266 e. The van der Waals surface area contributed by atoms with Gasteiger partial charge in [-0.15, -0.1) is 6.42 Å². The van der Waals surface area contributed by atoms with Crippen LogP contribution in [0.15, 0.2) is 58.5 Å². The lowest BCUT2D eigenvalue weighted by atomic mass is 9.98. The summed E-state index contributed by atoms with van der Waals surface area (Å²) < 4.78 is 1.57. The minimum atomic E-state index is -0.200. The van der Waals surface area contributed by atoms with Gasteiger partial charge >= 0.3 is 0 Å². The Bertz CT molecular complexity index is 1110. The Kier molecular flexibility index (Phi) is 6.73. The van der Waals surface area contributed by atoms with Crippen molar-refractivity contribution in [3.63, 3.8) is 0 Å². The number of terminal acetylenes is 1. The molecule has 0 saturated heterocycles. The third-order valence-corrected chi connectivity index (χ3v) is 5.74. The van der Waals surface area contributed by atoms with Crippen molar-refractivity contribution in [3.8, 4) is 18.0 Å². The molecule has 2 aromatic carbocycles. The molecule has 0 unspecified atom stereocenters. The first-order valence-corrected chi connectivity index (χ1v) is 10.5. The lowest BCUT2D eigenvalue weighted by Crippen LogP contribution is -2.26. The van der Waals surface area contributed by atoms with E-state index in [1.165, 1.54) is 17.3 Å². The maximum absolute atomic E-state index is 13.2. The van der Waals surface area contributed by atoms with E-state index >= 15 is 0 Å². The average Bonchev–Trinajstić information content (AvgIpc) is 2.76. The number of rotatable bonds is 7. The van der Waals surface area contributed by atoms with Crippen molar-refractivity contribution >= 4 is 28.6 Å². The van der Waals surface area contributed by atoms with Crippen molar-refractivity contribution in [3.05, 3.63) is 64.4 Å². The van der Waals surface area contributed by atoms with Crippen LogP contribution in [0, 0.1) is 12.3 Å². The maximum Gasteiger partial charge on any atom is 0.266 e. The lowest BCUT2D eigenvalue weighted by molar-refractivity contribution is -0.118. The summed E-state index contributed by atoms with van der Waals surface area (Å²) in [5, 5.41) is 3.64. The maximum atomic E-state index is 13.2. The van der Waals surface area contributed by atoms with Crippen molar-refractivity contribution in [1.29, 1.82) is 0 Å². The number of nitrogens with zero attached hydrogens (tertiary/aromatic N) is 2. The number of thioether (sulfide) groups is 1. The Hall–Kier alpha value is -3.04. The van der Waals surface area contributed by atoms with E-state index < -0.39 is 0 Å². The molecule has 148 valence electrons. The third kappa shape index (κ3) is 4.69. The molecule has 0 radical (unpaired) electrons. The van der Waals surface area contributed by atoms with Gasteiger partial charge < -0.3 is 5.32 Å². The number of hydrogen-bond acceptors (Lipinski definition) is 4. The molecule has 1 atom stereocenters. The van der Waals surface area contributed by atoms with Crippen LogP contribution >= 0.6 is 11.8 Å². The van der Waals surface area contributed by atoms with Gasteiger partial charge in [0, 0.05) is 0 Å². The van der Waals surface area contributed by atoms with Gasteiger partial charge in [0.15, 0.2) is 5.16 Å². The first-order valence-electron chi connectivity index (χ1n) is 9.50. The van der Waals surface area contributed by atoms with Crippen LogP contribution in [-0.4, -0.2) is 27.8 Å². The number of carbonyl (C=O) groups excluding carboxylic acids is 1. The summed E-state index contributed by atoms with van der Waals surface area (Å²) in [5.74, 6) is 2.75. The summed E-state index contributed by atoms with van der Waals surface area (Å²) in [5.41, 5.74) is 2.41. The minimum Gasteiger partial charge on any atom is -0.344 e. The highest BCUT2D eigenvalue weighted by Crippen LogP contribution is 2.24. The Balaban J connectivity index is 2.04. The van der Waals surface area contributed by atoms with Gasteiger partial charge in [-0.1, -0.05) is 55.8 Å². The van der Waals surface area contributed by atoms with Gasteiger partial charge in [0.1, 0.15) is 0 Å². The van der Waals surface area contributed by atoms with E-state index in [9.17, 15) is 9.59 Å². The summed E-state index contributed by atoms with van der Waals surface area (Å²) in [6, 6.07) is 15.2. The second-order valence-electron chi connectivity index (χ2n) is 6.72. The third-order valence-electron chi connectivity index (χ3n) is 4.80. The number of carbonyl (C=O) groups is 1. The molecule has 0 spiro atoms. The van der Waals surface area contributed by atoms with Crippen molar-refractivity contribution in [1.82, 2.24) is 14.9 Å². The van der Waals surface area contributed by atoms with Gasteiger partial charge in [0.05, 0.1) is 28.9 Å². The van der Waals surface area contributed by atoms with Crippen molar-refractivity contribution in [2.75, 3.05) is 12.3 Å². The molecule has 0 saturated carbocycles. The summed E-state index contributed by atoms with van der Waals surface area (Å²) in [6.45, 7) is 4.50. The van der Waals surface area contributed by atoms with E-state index in [4.69, 9.17) is 6.42 Å². The van der Waals surface area contributed by atoms with Crippen LogP contribution in [0.3, 0.4) is 0 Å². The molecule has 0 aliphatic heterocycles. The number of nitrogens with one attached hydrogen (secondary N) is 1. The molecule has 0 aliphatic rings. The fourth-order valence-electron chi connectivity index (χ4n) is 2.96. The lowest BCUT2D eigenvalue weighted by Gasteiger charge is -2.15. The fraction of sp³-hybridized carbons (Fsp3) is 0.261. The van der Waals surface area contributed by atoms with Gasteiger partial charge in [-0.3, -0.25) is 14.2 Å². The van der Waals surface area contributed by atoms with E-state index in [0.717, 1.165) is 12.1 Å². The summed E-state index contributed by atoms with van der Waals surface area (Å²) in [7, 11) is 0. The molecule has 29 heavy (non-hydrogen) atoms. The molecular weight excluding hydrogens is 382 g/mol. The second kappa shape index (κ2) is 9.44. The minimum absolute atomic E-state index is 0.122. The number of para-hydroxylation sites is 1. The first-order chi connectivity index (χ1) is 14.0. The average molecular weight is 406 g/mol. The quantitative estimate of drug-likeness (QED) is 0.369. The normalized spacial score (nSPS) is 11.8. The number of benzene rings is 2. The van der Waals surface area contributed by atoms with Crippen LogP contribution < -0.4 is 10.9 Å². The van der Waals surface area contributed by atoms with E-state index in [-0.39, 0.29) is 23.8 Å². The summed E-state index contributed by atoms with van der Waals surface area (Å²) >= 11 is 1.22. The zero-order chi connectivity index (χ0) is 20.8. The molecule has 1 aromatic heterocycles. The van der Waals surface area contributed by atoms with Crippen LogP contribution in [0.25, 0.3) is 16.6 Å². The molecular formula is C23H23N3O2S. The molecule has 5 nitrogen and oxygen atoms in total. The molecule has 1 N–H and O–H groups in total. The molecule has 3 aromatic rings. The molecule has 1 heterocycles. The Morgan fingerprint density at radius 3 is 2.66 bits per heavy atom. The Morgan fingerprint density at radius 2 is 1.97 bits per heavy atom. The SMILES string of the molecule is C#CCNC(=O)CSc1nc2ccccc2c(=O)n1-c1ccc([C@H](C)CC)cc1. The summed E-state index contributed by atoms with van der Waals surface area (Å²) in [6.07, 6.45) is 6.23. The van der Waals surface area contributed by atoms with Crippen LogP contribution in [0.4, 0.5) is 0 Å². The Morgan fingerprint density at radius 1 is 1.24 bits per heavy atom. The van der Waals surface area contributed by atoms with Crippen LogP contribution in [0.2, 0.25) is 0 Å². The zero-order valence-corrected chi connectivity index (χ0v) is 17.3. The van der Waals surface area contributed by atoms with E-state index in [1.807, 2.05) is 36.4 Å². The van der Waals surface area contributed by atoms with Gasteiger partial charge in [-0.25, -0.2) is 4.98 Å². The molecule has 0 bridgehead atoms. The number of hydrogen-bond donors (Lipinski definition) is 1. The highest BCUT2D eigenvalue weighted by molar-refractivity contribution is 7.99. The topological polar surface area (TPSA) is 64.0 Å². The summed E-state index contributed by atoms with van der Waals surface area (Å²) in [4.78, 5) is 29.8. The van der Waals surface area contributed by atoms with Gasteiger partial charge in [-0.2, -0.15) is 0 Å². The van der Waals surface area contributed by atoms with Crippen molar-refractivity contribution in [2.24, 2.45) is 0 Å². The molecule has 6 heteroatoms. The second-order valence-corrected chi connectivity index (χ2v) is 7.66. The van der Waals surface area contributed by atoms with Crippen molar-refractivity contribution < 1.29 is 4.79 Å². The Labute approximate surface area is 174 Å². The standard InChI is InChI=1S/C23H23N3O2S/c1-4-14-24-21(27)15-29-23-25-20-9-7-6-8-19(20)22(28)26(23)18-12-10-17(11-13-18)16(3)5-2/h1,6-13,16H,5,14-15H2,2-3H3,(H,24,27)/t16-/m1/s1. The molecule has 1 amide bonds. The van der Waals surface area contributed by atoms with Crippen LogP contribution in [0.1, 0.15) is 31.7 Å². The molecule has 3 rings (SSSR count). The highest BCUT2D eigenvalue weighted by atomic mass is 32.2. The molecule has 0 aliphatic carbocycles. The highest BCUT2D eigenvalue weighted by Gasteiger charge is 2.15. The first kappa shape index (κ1) is 20.7. The van der Waals surface area contributed by atoms with Gasteiger partial charge in [0.25, 0.3) is 5.56 Å².